The SMILES string of the molecule is CC1CC(C)(C)CCC1NCC1Cc2ccccc2O1. The van der Waals surface area contributed by atoms with Crippen molar-refractivity contribution in [3.05, 3.63) is 29.8 Å². The maximum atomic E-state index is 6.01. The van der Waals surface area contributed by atoms with Gasteiger partial charge in [-0.2, -0.15) is 0 Å². The topological polar surface area (TPSA) is 21.3 Å². The molecule has 0 bridgehead atoms. The molecule has 1 heterocycles. The highest BCUT2D eigenvalue weighted by atomic mass is 16.5. The van der Waals surface area contributed by atoms with Gasteiger partial charge in [-0.05, 0) is 42.2 Å². The third-order valence-electron chi connectivity index (χ3n) is 5.02. The third-order valence-corrected chi connectivity index (χ3v) is 5.02. The molecule has 3 atom stereocenters. The van der Waals surface area contributed by atoms with E-state index in [0.29, 0.717) is 17.6 Å². The average molecular weight is 273 g/mol. The lowest BCUT2D eigenvalue weighted by molar-refractivity contribution is 0.136. The van der Waals surface area contributed by atoms with Crippen LogP contribution in [0.5, 0.6) is 5.75 Å². The van der Waals surface area contributed by atoms with E-state index in [-0.39, 0.29) is 0 Å². The van der Waals surface area contributed by atoms with Gasteiger partial charge in [0.1, 0.15) is 11.9 Å². The van der Waals surface area contributed by atoms with E-state index in [2.05, 4.69) is 50.4 Å². The molecule has 0 amide bonds. The molecule has 3 rings (SSSR count). The van der Waals surface area contributed by atoms with E-state index < -0.39 is 0 Å². The van der Waals surface area contributed by atoms with Crippen molar-refractivity contribution < 1.29 is 4.74 Å². The molecule has 2 nitrogen and oxygen atoms in total. The van der Waals surface area contributed by atoms with Crippen LogP contribution in [0.1, 0.15) is 45.6 Å². The standard InChI is InChI=1S/C18H27NO/c1-13-11-18(2,3)9-8-16(13)19-12-15-10-14-6-4-5-7-17(14)20-15/h4-7,13,15-16,19H,8-12H2,1-3H3. The van der Waals surface area contributed by atoms with Crippen LogP contribution in [0.3, 0.4) is 0 Å². The second-order valence-electron chi connectivity index (χ2n) is 7.45. The van der Waals surface area contributed by atoms with E-state index in [9.17, 15) is 0 Å². The lowest BCUT2D eigenvalue weighted by atomic mass is 9.70. The summed E-state index contributed by atoms with van der Waals surface area (Å²) in [7, 11) is 0. The van der Waals surface area contributed by atoms with E-state index >= 15 is 0 Å². The predicted octanol–water partition coefficient (Wildman–Crippen LogP) is 3.79. The Hall–Kier alpha value is -1.02. The number of ether oxygens (including phenoxy) is 1. The van der Waals surface area contributed by atoms with Crippen molar-refractivity contribution in [2.75, 3.05) is 6.54 Å². The van der Waals surface area contributed by atoms with Crippen LogP contribution in [0, 0.1) is 11.3 Å². The molecule has 1 aromatic carbocycles. The number of nitrogens with one attached hydrogen (secondary N) is 1. The van der Waals surface area contributed by atoms with E-state index in [4.69, 9.17) is 4.74 Å². The van der Waals surface area contributed by atoms with Crippen molar-refractivity contribution in [2.24, 2.45) is 11.3 Å². The summed E-state index contributed by atoms with van der Waals surface area (Å²) in [4.78, 5) is 0. The normalized spacial score (nSPS) is 31.6. The summed E-state index contributed by atoms with van der Waals surface area (Å²) in [5, 5.41) is 3.76. The van der Waals surface area contributed by atoms with E-state index in [0.717, 1.165) is 24.6 Å². The molecule has 2 heteroatoms. The van der Waals surface area contributed by atoms with Crippen LogP contribution in [0.2, 0.25) is 0 Å². The smallest absolute Gasteiger partial charge is 0.123 e. The zero-order chi connectivity index (χ0) is 14.2. The number of benzene rings is 1. The Kier molecular flexibility index (Phi) is 3.76. The minimum Gasteiger partial charge on any atom is -0.488 e. The summed E-state index contributed by atoms with van der Waals surface area (Å²) in [5.74, 6) is 1.85. The third kappa shape index (κ3) is 3.01. The van der Waals surface area contributed by atoms with Gasteiger partial charge >= 0.3 is 0 Å². The van der Waals surface area contributed by atoms with Crippen molar-refractivity contribution in [3.8, 4) is 5.75 Å². The van der Waals surface area contributed by atoms with Gasteiger partial charge < -0.3 is 10.1 Å². The van der Waals surface area contributed by atoms with Crippen LogP contribution in [-0.4, -0.2) is 18.7 Å². The van der Waals surface area contributed by atoms with Crippen LogP contribution in [0.4, 0.5) is 0 Å². The van der Waals surface area contributed by atoms with E-state index in [1.165, 1.54) is 24.8 Å². The van der Waals surface area contributed by atoms with Crippen molar-refractivity contribution in [1.82, 2.24) is 5.32 Å². The summed E-state index contributed by atoms with van der Waals surface area (Å²) < 4.78 is 6.01. The Bertz CT molecular complexity index is 443. The van der Waals surface area contributed by atoms with Crippen molar-refractivity contribution in [3.63, 3.8) is 0 Å². The zero-order valence-electron chi connectivity index (χ0n) is 13.0. The van der Waals surface area contributed by atoms with Crippen molar-refractivity contribution >= 4 is 0 Å². The minimum absolute atomic E-state index is 0.314. The molecule has 1 N–H and O–H groups in total. The quantitative estimate of drug-likeness (QED) is 0.904. The minimum atomic E-state index is 0.314. The maximum Gasteiger partial charge on any atom is 0.123 e. The highest BCUT2D eigenvalue weighted by Crippen LogP contribution is 2.38. The first-order valence-electron chi connectivity index (χ1n) is 8.01. The first-order chi connectivity index (χ1) is 9.53. The summed E-state index contributed by atoms with van der Waals surface area (Å²) in [6.45, 7) is 8.17. The Morgan fingerprint density at radius 2 is 2.10 bits per heavy atom. The molecule has 0 aromatic heterocycles. The highest BCUT2D eigenvalue weighted by molar-refractivity contribution is 5.37. The lowest BCUT2D eigenvalue weighted by Crippen LogP contribution is -2.45. The van der Waals surface area contributed by atoms with Crippen LogP contribution in [0.15, 0.2) is 24.3 Å². The monoisotopic (exact) mass is 273 g/mol. The van der Waals surface area contributed by atoms with Crippen LogP contribution >= 0.6 is 0 Å². The molecule has 1 aromatic rings. The number of hydrogen-bond donors (Lipinski definition) is 1. The number of fused-ring (bicyclic) bond motifs is 1. The molecular weight excluding hydrogens is 246 g/mol. The molecule has 1 aliphatic carbocycles. The lowest BCUT2D eigenvalue weighted by Gasteiger charge is -2.40. The Morgan fingerprint density at radius 3 is 2.85 bits per heavy atom. The molecule has 3 unspecified atom stereocenters. The number of para-hydroxylation sites is 1. The summed E-state index contributed by atoms with van der Waals surface area (Å²) in [5.41, 5.74) is 1.88. The van der Waals surface area contributed by atoms with E-state index in [1.807, 2.05) is 0 Å². The second-order valence-corrected chi connectivity index (χ2v) is 7.45. The number of rotatable bonds is 3. The highest BCUT2D eigenvalue weighted by Gasteiger charge is 2.33. The van der Waals surface area contributed by atoms with Gasteiger partial charge in [0.25, 0.3) is 0 Å². The van der Waals surface area contributed by atoms with Gasteiger partial charge in [-0.3, -0.25) is 0 Å². The van der Waals surface area contributed by atoms with Crippen molar-refractivity contribution in [2.45, 2.75) is 58.6 Å². The van der Waals surface area contributed by atoms with Gasteiger partial charge in [0, 0.05) is 19.0 Å². The van der Waals surface area contributed by atoms with Gasteiger partial charge in [-0.1, -0.05) is 39.0 Å². The van der Waals surface area contributed by atoms with Gasteiger partial charge in [0.2, 0.25) is 0 Å². The molecular formula is C18H27NO. The molecule has 110 valence electrons. The van der Waals surface area contributed by atoms with Crippen LogP contribution in [0.25, 0.3) is 0 Å². The fourth-order valence-electron chi connectivity index (χ4n) is 3.90. The Labute approximate surface area is 122 Å². The molecule has 0 spiro atoms. The zero-order valence-corrected chi connectivity index (χ0v) is 13.0. The van der Waals surface area contributed by atoms with Gasteiger partial charge in [-0.15, -0.1) is 0 Å². The Morgan fingerprint density at radius 1 is 1.30 bits per heavy atom. The fraction of sp³-hybridized carbons (Fsp3) is 0.667. The second kappa shape index (κ2) is 5.40. The fourth-order valence-corrected chi connectivity index (χ4v) is 3.90. The molecule has 1 saturated carbocycles. The summed E-state index contributed by atoms with van der Waals surface area (Å²) in [6, 6.07) is 9.08. The van der Waals surface area contributed by atoms with Gasteiger partial charge in [0.15, 0.2) is 0 Å². The molecule has 0 saturated heterocycles. The molecule has 0 radical (unpaired) electrons. The summed E-state index contributed by atoms with van der Waals surface area (Å²) in [6.07, 6.45) is 5.33. The predicted molar refractivity (Wildman–Crippen MR) is 83.1 cm³/mol. The Balaban J connectivity index is 1.50. The molecule has 2 aliphatic rings. The van der Waals surface area contributed by atoms with E-state index in [1.54, 1.807) is 0 Å². The van der Waals surface area contributed by atoms with Crippen molar-refractivity contribution in [1.29, 1.82) is 0 Å². The number of hydrogen-bond acceptors (Lipinski definition) is 2. The molecule has 20 heavy (non-hydrogen) atoms. The van der Waals surface area contributed by atoms with Crippen LogP contribution < -0.4 is 10.1 Å². The molecule has 1 fully saturated rings. The largest absolute Gasteiger partial charge is 0.488 e. The first-order valence-corrected chi connectivity index (χ1v) is 8.01. The molecule has 1 aliphatic heterocycles. The van der Waals surface area contributed by atoms with Gasteiger partial charge in [-0.25, -0.2) is 0 Å². The summed E-state index contributed by atoms with van der Waals surface area (Å²) >= 11 is 0. The van der Waals surface area contributed by atoms with Gasteiger partial charge in [0.05, 0.1) is 0 Å². The first kappa shape index (κ1) is 13.9. The average Bonchev–Trinajstić information content (AvgIpc) is 2.79. The van der Waals surface area contributed by atoms with Crippen LogP contribution in [-0.2, 0) is 6.42 Å². The maximum absolute atomic E-state index is 6.01.